The summed E-state index contributed by atoms with van der Waals surface area (Å²) in [5.74, 6) is 0. The maximum absolute atomic E-state index is 12.7. The van der Waals surface area contributed by atoms with E-state index in [0.717, 1.165) is 32.1 Å². The fourth-order valence-corrected chi connectivity index (χ4v) is 3.25. The van der Waals surface area contributed by atoms with Crippen molar-refractivity contribution in [3.63, 3.8) is 0 Å². The molecule has 2 aliphatic rings. The molecule has 118 valence electrons. The van der Waals surface area contributed by atoms with Crippen LogP contribution in [0.2, 0.25) is 0 Å². The van der Waals surface area contributed by atoms with Gasteiger partial charge >= 0.3 is 6.18 Å². The summed E-state index contributed by atoms with van der Waals surface area (Å²) < 4.78 is 39.3. The van der Waals surface area contributed by atoms with Gasteiger partial charge in [-0.15, -0.1) is 0 Å². The van der Waals surface area contributed by atoms with Gasteiger partial charge in [0.05, 0.1) is 11.8 Å². The largest absolute Gasteiger partial charge is 0.435 e. The van der Waals surface area contributed by atoms with Crippen LogP contribution < -0.4 is 0 Å². The van der Waals surface area contributed by atoms with Crippen LogP contribution in [0.25, 0.3) is 0 Å². The van der Waals surface area contributed by atoms with E-state index in [4.69, 9.17) is 0 Å². The van der Waals surface area contributed by atoms with Crippen molar-refractivity contribution in [2.24, 2.45) is 7.05 Å². The topological polar surface area (TPSA) is 44.5 Å². The lowest BCUT2D eigenvalue weighted by Gasteiger charge is -2.37. The summed E-state index contributed by atoms with van der Waals surface area (Å²) in [6, 6.07) is 1.43. The molecule has 2 fully saturated rings. The van der Waals surface area contributed by atoms with Crippen molar-refractivity contribution in [1.29, 1.82) is 0 Å². The van der Waals surface area contributed by atoms with E-state index in [1.54, 1.807) is 7.05 Å². The average molecular weight is 304 g/mol. The summed E-state index contributed by atoms with van der Waals surface area (Å²) in [5, 5.41) is 13.2. The Morgan fingerprint density at radius 1 is 1.33 bits per heavy atom. The summed E-state index contributed by atoms with van der Waals surface area (Å²) in [6.07, 6.45) is -3.93. The lowest BCUT2D eigenvalue weighted by Crippen LogP contribution is -2.49. The van der Waals surface area contributed by atoms with E-state index in [-0.39, 0.29) is 6.10 Å². The van der Waals surface area contributed by atoms with Gasteiger partial charge in [0, 0.05) is 45.8 Å². The zero-order chi connectivity index (χ0) is 15.2. The molecule has 1 N–H and O–H groups in total. The summed E-state index contributed by atoms with van der Waals surface area (Å²) in [4.78, 5) is 4.39. The molecule has 0 spiro atoms. The summed E-state index contributed by atoms with van der Waals surface area (Å²) in [7, 11) is 1.54. The Hall–Kier alpha value is -1.12. The number of fused-ring (bicyclic) bond motifs is 1. The fourth-order valence-electron chi connectivity index (χ4n) is 3.25. The third kappa shape index (κ3) is 3.07. The Labute approximate surface area is 120 Å². The molecule has 0 saturated carbocycles. The highest BCUT2D eigenvalue weighted by molar-refractivity contribution is 5.13. The van der Waals surface area contributed by atoms with Crippen LogP contribution in [-0.2, 0) is 19.8 Å². The Balaban J connectivity index is 1.66. The lowest BCUT2D eigenvalue weighted by atomic mass is 10.1. The smallest absolute Gasteiger partial charge is 0.392 e. The Kier molecular flexibility index (Phi) is 3.71. The van der Waals surface area contributed by atoms with Crippen LogP contribution in [0.5, 0.6) is 0 Å². The van der Waals surface area contributed by atoms with Gasteiger partial charge in [0.2, 0.25) is 0 Å². The highest BCUT2D eigenvalue weighted by atomic mass is 19.4. The second-order valence-electron chi connectivity index (χ2n) is 5.92. The second kappa shape index (κ2) is 5.26. The van der Waals surface area contributed by atoms with Gasteiger partial charge in [-0.25, -0.2) is 0 Å². The Morgan fingerprint density at radius 3 is 2.76 bits per heavy atom. The molecule has 2 saturated heterocycles. The minimum absolute atomic E-state index is 0.275. The number of nitrogens with zero attached hydrogens (tertiary/aromatic N) is 4. The van der Waals surface area contributed by atoms with Crippen LogP contribution in [0.1, 0.15) is 17.8 Å². The van der Waals surface area contributed by atoms with E-state index in [1.165, 1.54) is 4.68 Å². The predicted molar refractivity (Wildman–Crippen MR) is 69.5 cm³/mol. The quantitative estimate of drug-likeness (QED) is 0.873. The highest BCUT2D eigenvalue weighted by Crippen LogP contribution is 2.29. The van der Waals surface area contributed by atoms with Crippen molar-refractivity contribution in [3.8, 4) is 0 Å². The summed E-state index contributed by atoms with van der Waals surface area (Å²) in [6.45, 7) is 3.60. The molecule has 3 rings (SSSR count). The first kappa shape index (κ1) is 14.8. The van der Waals surface area contributed by atoms with Gasteiger partial charge in [-0.2, -0.15) is 18.3 Å². The monoisotopic (exact) mass is 304 g/mol. The molecule has 2 aliphatic heterocycles. The zero-order valence-corrected chi connectivity index (χ0v) is 11.8. The number of aliphatic hydroxyl groups excluding tert-OH is 1. The van der Waals surface area contributed by atoms with Crippen molar-refractivity contribution in [2.45, 2.75) is 31.3 Å². The van der Waals surface area contributed by atoms with E-state index >= 15 is 0 Å². The molecular formula is C13H19F3N4O. The van der Waals surface area contributed by atoms with Crippen molar-refractivity contribution in [1.82, 2.24) is 19.6 Å². The van der Waals surface area contributed by atoms with Crippen LogP contribution in [-0.4, -0.2) is 63.0 Å². The second-order valence-corrected chi connectivity index (χ2v) is 5.92. The molecule has 3 heterocycles. The van der Waals surface area contributed by atoms with Crippen LogP contribution >= 0.6 is 0 Å². The number of hydrogen-bond acceptors (Lipinski definition) is 4. The predicted octanol–water partition coefficient (Wildman–Crippen LogP) is 0.690. The molecule has 0 radical (unpaired) electrons. The van der Waals surface area contributed by atoms with Crippen molar-refractivity contribution in [2.75, 3.05) is 26.2 Å². The molecule has 0 unspecified atom stereocenters. The van der Waals surface area contributed by atoms with E-state index in [1.807, 2.05) is 0 Å². The summed E-state index contributed by atoms with van der Waals surface area (Å²) in [5.41, 5.74) is -0.274. The Bertz CT molecular complexity index is 516. The summed E-state index contributed by atoms with van der Waals surface area (Å²) >= 11 is 0. The van der Waals surface area contributed by atoms with Gasteiger partial charge in [-0.3, -0.25) is 14.5 Å². The number of piperazine rings is 1. The number of aliphatic hydroxyl groups is 1. The lowest BCUT2D eigenvalue weighted by molar-refractivity contribution is -0.141. The number of hydrogen-bond donors (Lipinski definition) is 1. The molecule has 5 nitrogen and oxygen atoms in total. The number of aryl methyl sites for hydroxylation is 1. The third-order valence-electron chi connectivity index (χ3n) is 4.33. The van der Waals surface area contributed by atoms with Gasteiger partial charge in [-0.05, 0) is 12.5 Å². The third-order valence-corrected chi connectivity index (χ3v) is 4.33. The van der Waals surface area contributed by atoms with Crippen LogP contribution in [0.3, 0.4) is 0 Å². The minimum atomic E-state index is -4.40. The van der Waals surface area contributed by atoms with Crippen molar-refractivity contribution >= 4 is 0 Å². The van der Waals surface area contributed by atoms with E-state index in [9.17, 15) is 18.3 Å². The van der Waals surface area contributed by atoms with Gasteiger partial charge < -0.3 is 5.11 Å². The Morgan fingerprint density at radius 2 is 2.10 bits per heavy atom. The highest BCUT2D eigenvalue weighted by Gasteiger charge is 2.37. The van der Waals surface area contributed by atoms with E-state index in [2.05, 4.69) is 14.9 Å². The van der Waals surface area contributed by atoms with Gasteiger partial charge in [0.1, 0.15) is 0 Å². The number of alkyl halides is 3. The maximum atomic E-state index is 12.7. The van der Waals surface area contributed by atoms with Crippen molar-refractivity contribution < 1.29 is 18.3 Å². The van der Waals surface area contributed by atoms with Crippen LogP contribution in [0.4, 0.5) is 13.2 Å². The molecule has 0 amide bonds. The number of rotatable bonds is 2. The first-order valence-corrected chi connectivity index (χ1v) is 7.07. The molecular weight excluding hydrogens is 285 g/mol. The molecule has 1 aromatic heterocycles. The molecule has 0 bridgehead atoms. The van der Waals surface area contributed by atoms with Crippen LogP contribution in [0.15, 0.2) is 6.07 Å². The van der Waals surface area contributed by atoms with Gasteiger partial charge in [0.15, 0.2) is 5.69 Å². The van der Waals surface area contributed by atoms with Crippen molar-refractivity contribution in [3.05, 3.63) is 17.5 Å². The number of aromatic nitrogens is 2. The number of halogens is 3. The SMILES string of the molecule is Cn1nc(C(F)(F)F)cc1CN1CCN2C[C@H](O)C[C@H]2C1. The van der Waals surface area contributed by atoms with E-state index < -0.39 is 11.9 Å². The standard InChI is InChI=1S/C13H19F3N4O/c1-18-9(5-12(17-18)13(14,15)16)6-19-2-3-20-8-11(21)4-10(20)7-19/h5,10-11,21H,2-4,6-8H2,1H3/t10-,11+/m0/s1. The maximum Gasteiger partial charge on any atom is 0.435 e. The van der Waals surface area contributed by atoms with Crippen LogP contribution in [0, 0.1) is 0 Å². The molecule has 0 aliphatic carbocycles. The normalized spacial score (nSPS) is 28.0. The van der Waals surface area contributed by atoms with Gasteiger partial charge in [-0.1, -0.05) is 0 Å². The van der Waals surface area contributed by atoms with Gasteiger partial charge in [0.25, 0.3) is 0 Å². The first-order valence-electron chi connectivity index (χ1n) is 7.07. The zero-order valence-electron chi connectivity index (χ0n) is 11.8. The first-order chi connectivity index (χ1) is 9.83. The fraction of sp³-hybridized carbons (Fsp3) is 0.769. The minimum Gasteiger partial charge on any atom is -0.392 e. The molecule has 8 heteroatoms. The van der Waals surface area contributed by atoms with E-state index in [0.29, 0.717) is 24.8 Å². The molecule has 0 aromatic carbocycles. The molecule has 1 aromatic rings. The average Bonchev–Trinajstić information content (AvgIpc) is 2.91. The molecule has 2 atom stereocenters. The molecule has 21 heavy (non-hydrogen) atoms.